The first-order chi connectivity index (χ1) is 17.6. The molecule has 0 bridgehead atoms. The zero-order valence-corrected chi connectivity index (χ0v) is 23.6. The fraction of sp³-hybridized carbons (Fsp3) is 0.355. The second-order valence-electron chi connectivity index (χ2n) is 10.4. The van der Waals surface area contributed by atoms with Crippen molar-refractivity contribution in [3.63, 3.8) is 0 Å². The highest BCUT2D eigenvalue weighted by atomic mass is 35.5. The molecule has 0 aliphatic rings. The molecule has 0 aromatic heterocycles. The third-order valence-corrected chi connectivity index (χ3v) is 6.90. The number of nitrogens with zero attached hydrogens (tertiary/aromatic N) is 1. The molecule has 6 heteroatoms. The third-order valence-electron chi connectivity index (χ3n) is 6.16. The van der Waals surface area contributed by atoms with Crippen LogP contribution in [-0.4, -0.2) is 28.3 Å². The highest BCUT2D eigenvalue weighted by molar-refractivity contribution is 6.42. The summed E-state index contributed by atoms with van der Waals surface area (Å²) in [5, 5.41) is 3.95. The zero-order valence-electron chi connectivity index (χ0n) is 22.1. The van der Waals surface area contributed by atoms with Gasteiger partial charge in [0.25, 0.3) is 0 Å². The van der Waals surface area contributed by atoms with Crippen molar-refractivity contribution in [1.82, 2.24) is 10.2 Å². The first-order valence-electron chi connectivity index (χ1n) is 12.7. The molecule has 3 aromatic carbocycles. The normalized spacial score (nSPS) is 12.2. The minimum absolute atomic E-state index is 0.0874. The molecule has 0 aliphatic heterocycles. The molecule has 1 unspecified atom stereocenters. The summed E-state index contributed by atoms with van der Waals surface area (Å²) in [5.41, 5.74) is 3.72. The molecule has 2 amide bonds. The van der Waals surface area contributed by atoms with Crippen LogP contribution in [0.2, 0.25) is 10.0 Å². The Bertz CT molecular complexity index is 1190. The van der Waals surface area contributed by atoms with E-state index < -0.39 is 11.6 Å². The Balaban J connectivity index is 1.93. The van der Waals surface area contributed by atoms with Crippen LogP contribution in [0.15, 0.2) is 72.8 Å². The van der Waals surface area contributed by atoms with E-state index in [-0.39, 0.29) is 18.4 Å². The number of amides is 2. The van der Waals surface area contributed by atoms with Crippen LogP contribution in [0, 0.1) is 0 Å². The van der Waals surface area contributed by atoms with Gasteiger partial charge < -0.3 is 10.2 Å². The van der Waals surface area contributed by atoms with Crippen LogP contribution in [0.1, 0.15) is 56.4 Å². The first kappa shape index (κ1) is 28.7. The standard InChI is InChI=1S/C31H36Cl2N2O2/c1-5-22-11-13-23(14-12-22)16-18-29(36)35(21-25-15-17-26(32)27(33)19-25)28(30(37)34-31(2,3)4)20-24-9-7-6-8-10-24/h6-15,17,19,28H,5,16,18,20-21H2,1-4H3,(H,34,37). The Hall–Kier alpha value is -2.82. The number of halogens is 2. The van der Waals surface area contributed by atoms with Gasteiger partial charge in [-0.2, -0.15) is 0 Å². The largest absolute Gasteiger partial charge is 0.350 e. The molecular formula is C31H36Cl2N2O2. The number of rotatable bonds is 10. The highest BCUT2D eigenvalue weighted by Crippen LogP contribution is 2.25. The average Bonchev–Trinajstić information content (AvgIpc) is 2.86. The monoisotopic (exact) mass is 538 g/mol. The van der Waals surface area contributed by atoms with Crippen LogP contribution in [0.25, 0.3) is 0 Å². The molecule has 0 saturated heterocycles. The number of aryl methyl sites for hydroxylation is 2. The van der Waals surface area contributed by atoms with Crippen LogP contribution in [0.4, 0.5) is 0 Å². The number of carbonyl (C=O) groups excluding carboxylic acids is 2. The maximum Gasteiger partial charge on any atom is 0.243 e. The highest BCUT2D eigenvalue weighted by Gasteiger charge is 2.32. The molecule has 3 rings (SSSR count). The molecule has 0 radical (unpaired) electrons. The van der Waals surface area contributed by atoms with E-state index in [0.717, 1.165) is 23.1 Å². The Morgan fingerprint density at radius 1 is 0.838 bits per heavy atom. The van der Waals surface area contributed by atoms with Crippen molar-refractivity contribution >= 4 is 35.0 Å². The van der Waals surface area contributed by atoms with Crippen molar-refractivity contribution in [2.75, 3.05) is 0 Å². The lowest BCUT2D eigenvalue weighted by atomic mass is 9.99. The maximum absolute atomic E-state index is 13.8. The minimum Gasteiger partial charge on any atom is -0.350 e. The fourth-order valence-corrected chi connectivity index (χ4v) is 4.50. The molecule has 0 saturated carbocycles. The summed E-state index contributed by atoms with van der Waals surface area (Å²) in [4.78, 5) is 29.1. The van der Waals surface area contributed by atoms with E-state index in [1.807, 2.05) is 57.2 Å². The molecule has 196 valence electrons. The lowest BCUT2D eigenvalue weighted by Crippen LogP contribution is -2.54. The molecule has 0 aliphatic carbocycles. The lowest BCUT2D eigenvalue weighted by Gasteiger charge is -2.34. The van der Waals surface area contributed by atoms with Crippen molar-refractivity contribution in [3.8, 4) is 0 Å². The predicted octanol–water partition coefficient (Wildman–Crippen LogP) is 7.04. The summed E-state index contributed by atoms with van der Waals surface area (Å²) in [6, 6.07) is 22.8. The van der Waals surface area contributed by atoms with Crippen molar-refractivity contribution in [1.29, 1.82) is 0 Å². The van der Waals surface area contributed by atoms with E-state index in [2.05, 4.69) is 36.5 Å². The summed E-state index contributed by atoms with van der Waals surface area (Å²) in [6.07, 6.45) is 2.27. The summed E-state index contributed by atoms with van der Waals surface area (Å²) in [7, 11) is 0. The Morgan fingerprint density at radius 2 is 1.46 bits per heavy atom. The van der Waals surface area contributed by atoms with Crippen LogP contribution in [0.3, 0.4) is 0 Å². The Labute approximate surface area is 231 Å². The third kappa shape index (κ3) is 8.91. The van der Waals surface area contributed by atoms with E-state index >= 15 is 0 Å². The van der Waals surface area contributed by atoms with Gasteiger partial charge in [0, 0.05) is 24.9 Å². The molecule has 37 heavy (non-hydrogen) atoms. The van der Waals surface area contributed by atoms with E-state index in [1.54, 1.807) is 17.0 Å². The molecule has 3 aromatic rings. The number of nitrogens with one attached hydrogen (secondary N) is 1. The van der Waals surface area contributed by atoms with E-state index in [4.69, 9.17) is 23.2 Å². The van der Waals surface area contributed by atoms with Gasteiger partial charge in [0.15, 0.2) is 0 Å². The Morgan fingerprint density at radius 3 is 2.05 bits per heavy atom. The Kier molecular flexibility index (Phi) is 10.2. The maximum atomic E-state index is 13.8. The van der Waals surface area contributed by atoms with Crippen LogP contribution >= 0.6 is 23.2 Å². The van der Waals surface area contributed by atoms with Crippen LogP contribution in [0.5, 0.6) is 0 Å². The molecule has 1 N–H and O–H groups in total. The van der Waals surface area contributed by atoms with Crippen molar-refractivity contribution < 1.29 is 9.59 Å². The van der Waals surface area contributed by atoms with E-state index in [1.165, 1.54) is 5.56 Å². The topological polar surface area (TPSA) is 49.4 Å². The number of hydrogen-bond donors (Lipinski definition) is 1. The van der Waals surface area contributed by atoms with E-state index in [9.17, 15) is 9.59 Å². The second-order valence-corrected chi connectivity index (χ2v) is 11.2. The molecule has 1 atom stereocenters. The second kappa shape index (κ2) is 13.1. The van der Waals surface area contributed by atoms with Gasteiger partial charge in [0.1, 0.15) is 6.04 Å². The minimum atomic E-state index is -0.689. The zero-order chi connectivity index (χ0) is 27.0. The van der Waals surface area contributed by atoms with Crippen LogP contribution < -0.4 is 5.32 Å². The summed E-state index contributed by atoms with van der Waals surface area (Å²) in [6.45, 7) is 8.19. The van der Waals surface area contributed by atoms with Gasteiger partial charge in [0.2, 0.25) is 11.8 Å². The first-order valence-corrected chi connectivity index (χ1v) is 13.5. The molecule has 0 spiro atoms. The van der Waals surface area contributed by atoms with Gasteiger partial charge >= 0.3 is 0 Å². The van der Waals surface area contributed by atoms with Gasteiger partial charge in [-0.05, 0) is 68.0 Å². The summed E-state index contributed by atoms with van der Waals surface area (Å²) in [5.74, 6) is -0.271. The smallest absolute Gasteiger partial charge is 0.243 e. The van der Waals surface area contributed by atoms with Gasteiger partial charge in [-0.1, -0.05) is 90.8 Å². The van der Waals surface area contributed by atoms with Gasteiger partial charge in [-0.3, -0.25) is 9.59 Å². The predicted molar refractivity (Wildman–Crippen MR) is 153 cm³/mol. The number of benzene rings is 3. The van der Waals surface area contributed by atoms with E-state index in [0.29, 0.717) is 29.3 Å². The van der Waals surface area contributed by atoms with Crippen LogP contribution in [-0.2, 0) is 35.4 Å². The summed E-state index contributed by atoms with van der Waals surface area (Å²) < 4.78 is 0. The van der Waals surface area contributed by atoms with Crippen molar-refractivity contribution in [2.45, 2.75) is 71.5 Å². The summed E-state index contributed by atoms with van der Waals surface area (Å²) >= 11 is 12.4. The average molecular weight is 540 g/mol. The van der Waals surface area contributed by atoms with Crippen molar-refractivity contribution in [2.24, 2.45) is 0 Å². The number of carbonyl (C=O) groups is 2. The SMILES string of the molecule is CCc1ccc(CCC(=O)N(Cc2ccc(Cl)c(Cl)c2)C(Cc2ccccc2)C(=O)NC(C)(C)C)cc1. The quantitative estimate of drug-likeness (QED) is 0.300. The molecule has 4 nitrogen and oxygen atoms in total. The molecule has 0 heterocycles. The fourth-order valence-electron chi connectivity index (χ4n) is 4.18. The van der Waals surface area contributed by atoms with Gasteiger partial charge in [-0.15, -0.1) is 0 Å². The lowest BCUT2D eigenvalue weighted by molar-refractivity contribution is -0.141. The molecular weight excluding hydrogens is 503 g/mol. The molecule has 0 fully saturated rings. The van der Waals surface area contributed by atoms with Crippen molar-refractivity contribution in [3.05, 3.63) is 105 Å². The number of hydrogen-bond acceptors (Lipinski definition) is 2. The van der Waals surface area contributed by atoms with Gasteiger partial charge in [-0.25, -0.2) is 0 Å². The van der Waals surface area contributed by atoms with Gasteiger partial charge in [0.05, 0.1) is 10.0 Å².